The van der Waals surface area contributed by atoms with Crippen molar-refractivity contribution in [3.05, 3.63) is 59.2 Å². The van der Waals surface area contributed by atoms with Crippen molar-refractivity contribution in [2.75, 3.05) is 13.2 Å². The van der Waals surface area contributed by atoms with Crippen molar-refractivity contribution in [3.63, 3.8) is 0 Å². The van der Waals surface area contributed by atoms with E-state index in [1.54, 1.807) is 6.92 Å². The molecular formula is C22H26F2N2O3. The Kier molecular flexibility index (Phi) is 6.56. The molecule has 2 aromatic rings. The van der Waals surface area contributed by atoms with Crippen molar-refractivity contribution in [2.24, 2.45) is 5.92 Å². The van der Waals surface area contributed by atoms with Gasteiger partial charge in [0.15, 0.2) is 23.1 Å². The van der Waals surface area contributed by atoms with Gasteiger partial charge in [0.25, 0.3) is 0 Å². The molecule has 0 saturated carbocycles. The third kappa shape index (κ3) is 5.16. The van der Waals surface area contributed by atoms with Gasteiger partial charge in [0, 0.05) is 6.42 Å². The van der Waals surface area contributed by atoms with E-state index in [-0.39, 0.29) is 12.0 Å². The molecule has 2 aromatic carbocycles. The minimum atomic E-state index is -0.941. The Bertz CT molecular complexity index is 873. The van der Waals surface area contributed by atoms with Crippen LogP contribution >= 0.6 is 0 Å². The van der Waals surface area contributed by atoms with Crippen molar-refractivity contribution in [2.45, 2.75) is 39.3 Å². The number of amides is 2. The highest BCUT2D eigenvalue weighted by Gasteiger charge is 2.22. The van der Waals surface area contributed by atoms with Crippen molar-refractivity contribution in [1.82, 2.24) is 10.6 Å². The van der Waals surface area contributed by atoms with Crippen LogP contribution in [0.4, 0.5) is 13.6 Å². The first-order valence-corrected chi connectivity index (χ1v) is 9.76. The third-order valence-electron chi connectivity index (χ3n) is 4.88. The quantitative estimate of drug-likeness (QED) is 0.746. The molecule has 2 amide bonds. The molecule has 0 fully saturated rings. The number of rotatable bonds is 5. The molecule has 3 rings (SSSR count). The molecule has 0 radical (unpaired) electrons. The lowest BCUT2D eigenvalue weighted by Gasteiger charge is -2.25. The number of halogens is 2. The van der Waals surface area contributed by atoms with E-state index in [4.69, 9.17) is 9.47 Å². The molecular weight excluding hydrogens is 378 g/mol. The minimum Gasteiger partial charge on any atom is -0.490 e. The number of fused-ring (bicyclic) bond motifs is 1. The second-order valence-electron chi connectivity index (χ2n) is 7.49. The smallest absolute Gasteiger partial charge is 0.315 e. The van der Waals surface area contributed by atoms with Gasteiger partial charge >= 0.3 is 6.03 Å². The molecule has 1 aliphatic rings. The Morgan fingerprint density at radius 1 is 0.897 bits per heavy atom. The summed E-state index contributed by atoms with van der Waals surface area (Å²) in [5.41, 5.74) is 1.38. The zero-order chi connectivity index (χ0) is 21.0. The van der Waals surface area contributed by atoms with Crippen molar-refractivity contribution in [3.8, 4) is 11.5 Å². The molecule has 29 heavy (non-hydrogen) atoms. The summed E-state index contributed by atoms with van der Waals surface area (Å²) in [6.07, 6.45) is 0.820. The van der Waals surface area contributed by atoms with Crippen LogP contribution in [0.3, 0.4) is 0 Å². The van der Waals surface area contributed by atoms with Gasteiger partial charge in [-0.3, -0.25) is 0 Å². The summed E-state index contributed by atoms with van der Waals surface area (Å²) in [7, 11) is 0. The summed E-state index contributed by atoms with van der Waals surface area (Å²) in [6.45, 7) is 6.93. The van der Waals surface area contributed by atoms with Gasteiger partial charge in [0.1, 0.15) is 0 Å². The maximum absolute atomic E-state index is 13.5. The molecule has 1 aliphatic heterocycles. The Morgan fingerprint density at radius 3 is 2.28 bits per heavy atom. The summed E-state index contributed by atoms with van der Waals surface area (Å²) in [6, 6.07) is 8.11. The summed E-state index contributed by atoms with van der Waals surface area (Å²) < 4.78 is 38.0. The number of hydrogen-bond donors (Lipinski definition) is 2. The van der Waals surface area contributed by atoms with Gasteiger partial charge in [-0.05, 0) is 48.2 Å². The fourth-order valence-corrected chi connectivity index (χ4v) is 3.25. The van der Waals surface area contributed by atoms with E-state index in [9.17, 15) is 13.6 Å². The number of carbonyl (C=O) groups is 1. The summed E-state index contributed by atoms with van der Waals surface area (Å²) in [5, 5.41) is 5.74. The first kappa shape index (κ1) is 20.9. The van der Waals surface area contributed by atoms with Crippen molar-refractivity contribution in [1.29, 1.82) is 0 Å². The average Bonchev–Trinajstić information content (AvgIpc) is 2.92. The average molecular weight is 404 g/mol. The number of benzene rings is 2. The second kappa shape index (κ2) is 9.11. The first-order chi connectivity index (χ1) is 13.8. The Hall–Kier alpha value is -2.83. The van der Waals surface area contributed by atoms with E-state index >= 15 is 0 Å². The molecule has 5 nitrogen and oxygen atoms in total. The van der Waals surface area contributed by atoms with Crippen LogP contribution in [0, 0.1) is 17.6 Å². The second-order valence-corrected chi connectivity index (χ2v) is 7.49. The van der Waals surface area contributed by atoms with Crippen molar-refractivity contribution >= 4 is 6.03 Å². The molecule has 1 heterocycles. The van der Waals surface area contributed by atoms with Crippen LogP contribution < -0.4 is 20.1 Å². The minimum absolute atomic E-state index is 0.115. The highest BCUT2D eigenvalue weighted by molar-refractivity contribution is 5.75. The SMILES string of the molecule is CC(C)[C@H](NC(=O)N[C@@H](C)c1ccc(F)c(F)c1)c1ccc2c(c1)OCCCO2. The zero-order valence-corrected chi connectivity index (χ0v) is 16.8. The topological polar surface area (TPSA) is 59.6 Å². The van der Waals surface area contributed by atoms with Crippen LogP contribution in [0.15, 0.2) is 36.4 Å². The van der Waals surface area contributed by atoms with Gasteiger partial charge in [-0.1, -0.05) is 26.0 Å². The van der Waals surface area contributed by atoms with Crippen molar-refractivity contribution < 1.29 is 23.0 Å². The molecule has 7 heteroatoms. The third-order valence-corrected chi connectivity index (χ3v) is 4.88. The normalized spacial score (nSPS) is 15.4. The lowest BCUT2D eigenvalue weighted by Crippen LogP contribution is -2.40. The maximum Gasteiger partial charge on any atom is 0.315 e. The molecule has 0 unspecified atom stereocenters. The Balaban J connectivity index is 1.70. The van der Waals surface area contributed by atoms with Crippen LogP contribution in [-0.4, -0.2) is 19.2 Å². The lowest BCUT2D eigenvalue weighted by molar-refractivity contribution is 0.230. The Labute approximate surface area is 169 Å². The highest BCUT2D eigenvalue weighted by Crippen LogP contribution is 2.34. The number of urea groups is 1. The highest BCUT2D eigenvalue weighted by atomic mass is 19.2. The maximum atomic E-state index is 13.5. The van der Waals surface area contributed by atoms with Gasteiger partial charge in [-0.2, -0.15) is 0 Å². The summed E-state index contributed by atoms with van der Waals surface area (Å²) >= 11 is 0. The van der Waals surface area contributed by atoms with E-state index in [1.807, 2.05) is 32.0 Å². The van der Waals surface area contributed by atoms with E-state index in [2.05, 4.69) is 10.6 Å². The fraction of sp³-hybridized carbons (Fsp3) is 0.409. The number of ether oxygens (including phenoxy) is 2. The van der Waals surface area contributed by atoms with Crippen LogP contribution in [0.1, 0.15) is 50.4 Å². The van der Waals surface area contributed by atoms with E-state index in [0.29, 0.717) is 30.3 Å². The molecule has 0 aliphatic carbocycles. The molecule has 2 N–H and O–H groups in total. The molecule has 156 valence electrons. The molecule has 0 spiro atoms. The molecule has 0 saturated heterocycles. The molecule has 0 aromatic heterocycles. The van der Waals surface area contributed by atoms with Gasteiger partial charge < -0.3 is 20.1 Å². The van der Waals surface area contributed by atoms with Crippen LogP contribution in [0.2, 0.25) is 0 Å². The van der Waals surface area contributed by atoms with Gasteiger partial charge in [-0.25, -0.2) is 13.6 Å². The number of carbonyl (C=O) groups excluding carboxylic acids is 1. The van der Waals surface area contributed by atoms with E-state index < -0.39 is 23.7 Å². The lowest BCUT2D eigenvalue weighted by atomic mass is 9.95. The van der Waals surface area contributed by atoms with E-state index in [1.165, 1.54) is 6.07 Å². The largest absolute Gasteiger partial charge is 0.490 e. The Morgan fingerprint density at radius 2 is 1.59 bits per heavy atom. The summed E-state index contributed by atoms with van der Waals surface area (Å²) in [5.74, 6) is -0.374. The standard InChI is InChI=1S/C22H26F2N2O3/c1-13(2)21(16-6-8-19-20(12-16)29-10-4-9-28-19)26-22(27)25-14(3)15-5-7-17(23)18(24)11-15/h5-8,11-14,21H,4,9-10H2,1-3H3,(H2,25,26,27)/t14-,21-/m0/s1. The molecule has 2 atom stereocenters. The molecule has 0 bridgehead atoms. The summed E-state index contributed by atoms with van der Waals surface area (Å²) in [4.78, 5) is 12.6. The zero-order valence-electron chi connectivity index (χ0n) is 16.8. The van der Waals surface area contributed by atoms with Gasteiger partial charge in [0.05, 0.1) is 25.3 Å². The van der Waals surface area contributed by atoms with Gasteiger partial charge in [-0.15, -0.1) is 0 Å². The predicted octanol–water partition coefficient (Wildman–Crippen LogP) is 4.88. The van der Waals surface area contributed by atoms with Crippen LogP contribution in [-0.2, 0) is 0 Å². The van der Waals surface area contributed by atoms with Gasteiger partial charge in [0.2, 0.25) is 0 Å². The number of nitrogens with one attached hydrogen (secondary N) is 2. The monoisotopic (exact) mass is 404 g/mol. The first-order valence-electron chi connectivity index (χ1n) is 9.76. The predicted molar refractivity (Wildman–Crippen MR) is 106 cm³/mol. The van der Waals surface area contributed by atoms with Crippen LogP contribution in [0.25, 0.3) is 0 Å². The van der Waals surface area contributed by atoms with E-state index in [0.717, 1.165) is 24.1 Å². The number of hydrogen-bond acceptors (Lipinski definition) is 3. The fourth-order valence-electron chi connectivity index (χ4n) is 3.25. The van der Waals surface area contributed by atoms with Crippen LogP contribution in [0.5, 0.6) is 11.5 Å².